The maximum atomic E-state index is 12.0. The number of ether oxygens (including phenoxy) is 20. The van der Waals surface area contributed by atoms with Gasteiger partial charge in [-0.25, -0.2) is 0 Å². The summed E-state index contributed by atoms with van der Waals surface area (Å²) in [5, 5.41) is 26.9. The van der Waals surface area contributed by atoms with E-state index in [9.17, 15) is 8.42 Å². The molecular weight excluding hydrogens is 1240 g/mol. The van der Waals surface area contributed by atoms with Crippen LogP contribution >= 0.6 is 0 Å². The van der Waals surface area contributed by atoms with Crippen LogP contribution in [0.5, 0.6) is 0 Å². The predicted octanol–water partition coefficient (Wildman–Crippen LogP) is 3.28. The SMILES string of the molecule is CCCOCCOCCOCCOCCOCCOS(=O)(=O)c1ccc(C)cc1.OCCOCCOCCOCCOCCOCCO.[N-]=[N+]=NCCOCCOCCOCCOCCOCCN.[N-]=[N+]=NCCOCCOCCOCCOCCOCCN=[N+]=[N-]. The van der Waals surface area contributed by atoms with Gasteiger partial charge < -0.3 is 111 Å². The van der Waals surface area contributed by atoms with Crippen molar-refractivity contribution in [3.63, 3.8) is 0 Å². The van der Waals surface area contributed by atoms with Crippen molar-refractivity contribution >= 4 is 10.1 Å². The van der Waals surface area contributed by atoms with Crippen LogP contribution in [-0.2, 0) is 109 Å². The van der Waals surface area contributed by atoms with Crippen LogP contribution in [0.2, 0.25) is 0 Å². The van der Waals surface area contributed by atoms with Gasteiger partial charge in [-0.15, -0.1) is 0 Å². The molecule has 0 fully saturated rings. The smallest absolute Gasteiger partial charge is 0.297 e. The highest BCUT2D eigenvalue weighted by Crippen LogP contribution is 2.13. The number of rotatable bonds is 70. The van der Waals surface area contributed by atoms with Crippen LogP contribution in [0.3, 0.4) is 0 Å². The van der Waals surface area contributed by atoms with Crippen molar-refractivity contribution in [2.75, 3.05) is 310 Å². The largest absolute Gasteiger partial charge is 0.394 e. The molecule has 36 heteroatoms. The molecule has 0 saturated carbocycles. The van der Waals surface area contributed by atoms with Crippen molar-refractivity contribution in [2.45, 2.75) is 25.2 Å². The first-order chi connectivity index (χ1) is 45.3. The minimum Gasteiger partial charge on any atom is -0.394 e. The molecule has 0 unspecified atom stereocenters. The number of hydrogen-bond acceptors (Lipinski definition) is 29. The molecule has 0 heterocycles. The zero-order chi connectivity index (χ0) is 67.5. The monoisotopic (exact) mass is 1350 g/mol. The molecule has 4 N–H and O–H groups in total. The van der Waals surface area contributed by atoms with E-state index < -0.39 is 10.1 Å². The molecule has 1 aromatic rings. The first-order valence-electron chi connectivity index (χ1n) is 30.8. The lowest BCUT2D eigenvalue weighted by molar-refractivity contribution is -0.0151. The molecule has 0 spiro atoms. The van der Waals surface area contributed by atoms with Crippen LogP contribution in [0.1, 0.15) is 18.9 Å². The Morgan fingerprint density at radius 2 is 0.543 bits per heavy atom. The number of aliphatic hydroxyl groups is 2. The fourth-order valence-electron chi connectivity index (χ4n) is 5.71. The Bertz CT molecular complexity index is 1810. The number of aryl methyl sites for hydroxylation is 1. The lowest BCUT2D eigenvalue weighted by atomic mass is 10.2. The van der Waals surface area contributed by atoms with Gasteiger partial charge in [-0.2, -0.15) is 8.42 Å². The number of nitrogens with two attached hydrogens (primary N) is 1. The summed E-state index contributed by atoms with van der Waals surface area (Å²) in [5.74, 6) is 0. The molecule has 1 aromatic carbocycles. The van der Waals surface area contributed by atoms with Crippen molar-refractivity contribution < 1.29 is 118 Å². The normalized spacial score (nSPS) is 10.9. The van der Waals surface area contributed by atoms with E-state index in [1.165, 1.54) is 12.1 Å². The second-order valence-corrected chi connectivity index (χ2v) is 19.1. The Morgan fingerprint density at radius 1 is 0.337 bits per heavy atom. The second kappa shape index (κ2) is 85.2. The Kier molecular flexibility index (Phi) is 85.5. The van der Waals surface area contributed by atoms with Crippen molar-refractivity contribution in [3.8, 4) is 0 Å². The van der Waals surface area contributed by atoms with E-state index in [0.717, 1.165) is 18.6 Å². The zero-order valence-electron chi connectivity index (χ0n) is 54.5. The summed E-state index contributed by atoms with van der Waals surface area (Å²) in [6.45, 7) is 24.9. The van der Waals surface area contributed by atoms with Crippen molar-refractivity contribution in [2.24, 2.45) is 21.1 Å². The van der Waals surface area contributed by atoms with Crippen LogP contribution in [0.4, 0.5) is 0 Å². The Hall–Kier alpha value is -3.86. The van der Waals surface area contributed by atoms with Crippen molar-refractivity contribution in [1.82, 2.24) is 0 Å². The molecule has 0 aliphatic carbocycles. The molecule has 0 saturated heterocycles. The highest BCUT2D eigenvalue weighted by Gasteiger charge is 2.14. The lowest BCUT2D eigenvalue weighted by Gasteiger charge is -2.08. The van der Waals surface area contributed by atoms with Gasteiger partial charge in [0.15, 0.2) is 0 Å². The summed E-state index contributed by atoms with van der Waals surface area (Å²) in [7, 11) is -3.74. The highest BCUT2D eigenvalue weighted by atomic mass is 32.2. The number of benzene rings is 1. The first kappa shape index (κ1) is 92.3. The van der Waals surface area contributed by atoms with E-state index in [1.807, 2.05) is 6.92 Å². The third-order valence-corrected chi connectivity index (χ3v) is 11.3. The van der Waals surface area contributed by atoms with E-state index in [1.54, 1.807) is 12.1 Å². The molecule has 0 atom stereocenters. The molecule has 540 valence electrons. The Morgan fingerprint density at radius 3 is 0.761 bits per heavy atom. The van der Waals surface area contributed by atoms with Gasteiger partial charge in [-0.1, -0.05) is 40.0 Å². The molecule has 1 rings (SSSR count). The standard InChI is InChI=1S/C20H34O8S.C12H24N6O5.C12H26N4O5.C12H26O7/c1-3-8-23-9-10-24-11-12-25-13-14-26-15-16-27-17-18-28-29(21,22)20-6-4-19(2)5-7-20;13-17-15-1-3-19-5-7-21-9-11-23-12-10-22-8-6-20-4-2-16-18-14;13-1-3-17-5-7-19-9-11-21-12-10-20-8-6-18-4-2-15-16-14;13-1-3-15-5-7-17-9-11-19-12-10-18-8-6-16-4-2-14/h4-7H,3,8-18H2,1-2H3;1-12H2;1-13H2;13-14H,1-12H2. The first-order valence-corrected chi connectivity index (χ1v) is 32.2. The number of aliphatic hydroxyl groups excluding tert-OH is 2. The van der Waals surface area contributed by atoms with E-state index in [2.05, 4.69) is 37.0 Å². The molecule has 0 radical (unpaired) electrons. The summed E-state index contributed by atoms with van der Waals surface area (Å²) < 4.78 is 134. The average Bonchev–Trinajstić information content (AvgIpc) is 1.65. The van der Waals surface area contributed by atoms with E-state index in [4.69, 9.17) is 131 Å². The topological polar surface area (TPSA) is 441 Å². The van der Waals surface area contributed by atoms with E-state index in [-0.39, 0.29) is 31.3 Å². The zero-order valence-corrected chi connectivity index (χ0v) is 55.4. The van der Waals surface area contributed by atoms with Gasteiger partial charge in [0, 0.05) is 47.5 Å². The second-order valence-electron chi connectivity index (χ2n) is 17.4. The quantitative estimate of drug-likeness (QED) is 0.0277. The highest BCUT2D eigenvalue weighted by molar-refractivity contribution is 7.86. The lowest BCUT2D eigenvalue weighted by Crippen LogP contribution is -2.15. The van der Waals surface area contributed by atoms with Crippen molar-refractivity contribution in [3.05, 3.63) is 61.2 Å². The summed E-state index contributed by atoms with van der Waals surface area (Å²) in [5.41, 5.74) is 30.4. The average molecular weight is 1360 g/mol. The summed E-state index contributed by atoms with van der Waals surface area (Å²) in [6, 6.07) is 6.50. The Labute approximate surface area is 543 Å². The van der Waals surface area contributed by atoms with Gasteiger partial charge in [-0.3, -0.25) is 4.18 Å². The number of hydrogen-bond donors (Lipinski definition) is 3. The van der Waals surface area contributed by atoms with Gasteiger partial charge >= 0.3 is 0 Å². The predicted molar refractivity (Wildman–Crippen MR) is 336 cm³/mol. The van der Waals surface area contributed by atoms with Crippen LogP contribution in [0.15, 0.2) is 44.5 Å². The van der Waals surface area contributed by atoms with Crippen LogP contribution < -0.4 is 5.73 Å². The third kappa shape index (κ3) is 84.2. The van der Waals surface area contributed by atoms with Gasteiger partial charge in [0.2, 0.25) is 0 Å². The minimum absolute atomic E-state index is 0.0359. The maximum Gasteiger partial charge on any atom is 0.297 e. The van der Waals surface area contributed by atoms with Gasteiger partial charge in [0.05, 0.1) is 282 Å². The van der Waals surface area contributed by atoms with E-state index in [0.29, 0.717) is 277 Å². The van der Waals surface area contributed by atoms with Crippen molar-refractivity contribution in [1.29, 1.82) is 0 Å². The van der Waals surface area contributed by atoms with Gasteiger partial charge in [0.25, 0.3) is 10.1 Å². The Balaban J connectivity index is -0.00000116. The molecule has 0 aliphatic rings. The summed E-state index contributed by atoms with van der Waals surface area (Å²) >= 11 is 0. The number of nitrogens with zero attached hydrogens (tertiary/aromatic N) is 9. The van der Waals surface area contributed by atoms with Crippen LogP contribution in [0, 0.1) is 6.92 Å². The molecular formula is C56H110N10O25S. The molecule has 92 heavy (non-hydrogen) atoms. The summed E-state index contributed by atoms with van der Waals surface area (Å²) in [4.78, 5) is 7.99. The minimum atomic E-state index is -3.74. The summed E-state index contributed by atoms with van der Waals surface area (Å²) in [6.07, 6.45) is 1.01. The molecule has 35 nitrogen and oxygen atoms in total. The third-order valence-electron chi connectivity index (χ3n) is 10.0. The molecule has 0 aromatic heterocycles. The van der Waals surface area contributed by atoms with Gasteiger partial charge in [-0.05, 0) is 42.1 Å². The fourth-order valence-corrected chi connectivity index (χ4v) is 6.60. The van der Waals surface area contributed by atoms with E-state index >= 15 is 0 Å². The maximum absolute atomic E-state index is 12.0. The van der Waals surface area contributed by atoms with Gasteiger partial charge in [0.1, 0.15) is 0 Å². The molecule has 0 amide bonds. The molecule has 0 aliphatic heterocycles. The fraction of sp³-hybridized carbons (Fsp3) is 0.893. The number of azide groups is 3. The molecule has 0 bridgehead atoms. The van der Waals surface area contributed by atoms with Crippen LogP contribution in [-0.4, -0.2) is 329 Å². The van der Waals surface area contributed by atoms with Crippen LogP contribution in [0.25, 0.3) is 31.3 Å².